The molecule has 4 aromatic rings. The molecule has 3 aliphatic rings. The number of benzene rings is 4. The Kier molecular flexibility index (Phi) is 5.54. The van der Waals surface area contributed by atoms with Gasteiger partial charge in [-0.1, -0.05) is 0 Å². The zero-order valence-electron chi connectivity index (χ0n) is 22.2. The molecule has 0 unspecified atom stereocenters. The highest BCUT2D eigenvalue weighted by molar-refractivity contribution is 5.68. The number of ether oxygens (including phenoxy) is 3. The Morgan fingerprint density at radius 3 is 1.80 bits per heavy atom. The Balaban J connectivity index is 1.48. The maximum absolute atomic E-state index is 11.9. The quantitative estimate of drug-likeness (QED) is 0.146. The number of aliphatic hydroxyl groups is 2. The van der Waals surface area contributed by atoms with E-state index < -0.39 is 81.8 Å². The third kappa shape index (κ3) is 3.61. The molecule has 0 aromatic heterocycles. The van der Waals surface area contributed by atoms with Gasteiger partial charge in [-0.3, -0.25) is 0 Å². The number of hydrogen-bond acceptors (Lipinski definition) is 14. The van der Waals surface area contributed by atoms with Gasteiger partial charge in [0.25, 0.3) is 0 Å². The number of phenols is 9. The van der Waals surface area contributed by atoms with Crippen molar-refractivity contribution in [2.75, 3.05) is 0 Å². The molecule has 44 heavy (non-hydrogen) atoms. The number of aliphatic hydroxyl groups excluding tert-OH is 2. The van der Waals surface area contributed by atoms with Crippen molar-refractivity contribution in [1.82, 2.24) is 0 Å². The zero-order chi connectivity index (χ0) is 31.4. The molecular weight excluding hydrogens is 584 g/mol. The topological polar surface area (TPSA) is 250 Å². The minimum Gasteiger partial charge on any atom is -0.508 e. The molecule has 4 aromatic carbocycles. The Bertz CT molecular complexity index is 1840. The van der Waals surface area contributed by atoms with Crippen LogP contribution in [0, 0.1) is 0 Å². The summed E-state index contributed by atoms with van der Waals surface area (Å²) in [7, 11) is 0. The van der Waals surface area contributed by atoms with Crippen molar-refractivity contribution in [1.29, 1.82) is 0 Å². The first-order valence-corrected chi connectivity index (χ1v) is 13.2. The second kappa shape index (κ2) is 8.95. The molecule has 11 N–H and O–H groups in total. The van der Waals surface area contributed by atoms with Crippen LogP contribution in [0.3, 0.4) is 0 Å². The molecule has 7 rings (SSSR count). The minimum absolute atomic E-state index is 0.0261. The van der Waals surface area contributed by atoms with Gasteiger partial charge in [0.15, 0.2) is 40.6 Å². The Hall–Kier alpha value is -5.60. The van der Waals surface area contributed by atoms with Gasteiger partial charge in [-0.15, -0.1) is 0 Å². The van der Waals surface area contributed by atoms with E-state index in [4.69, 9.17) is 14.2 Å². The standard InChI is InChI=1S/C30H24O14/c31-11-5-14(33)22-20(6-11)43-30(10-3-17(36)26(40)18(37)4-10)29(41)24(22)23-21(44-30)8-13(32)12-7-19(38)27(42-28(12)23)9-1-15(34)25(39)16(35)2-9/h1-6,8,19,24,27,29,31-41H,7H2/t19-,24-,27-,29-,30+/m1/s1. The lowest BCUT2D eigenvalue weighted by Gasteiger charge is -2.50. The molecule has 0 aliphatic carbocycles. The number of fused-ring (bicyclic) bond motifs is 8. The van der Waals surface area contributed by atoms with Crippen molar-refractivity contribution < 1.29 is 70.4 Å². The monoisotopic (exact) mass is 608 g/mol. The first-order chi connectivity index (χ1) is 20.8. The summed E-state index contributed by atoms with van der Waals surface area (Å²) in [6, 6.07) is 7.40. The number of rotatable bonds is 2. The third-order valence-corrected chi connectivity index (χ3v) is 8.22. The van der Waals surface area contributed by atoms with Crippen LogP contribution in [0.4, 0.5) is 0 Å². The van der Waals surface area contributed by atoms with Gasteiger partial charge < -0.3 is 70.4 Å². The largest absolute Gasteiger partial charge is 0.508 e. The average molecular weight is 609 g/mol. The molecule has 228 valence electrons. The van der Waals surface area contributed by atoms with Crippen LogP contribution in [-0.2, 0) is 12.2 Å². The molecule has 5 atom stereocenters. The van der Waals surface area contributed by atoms with Crippen LogP contribution in [0.25, 0.3) is 0 Å². The van der Waals surface area contributed by atoms with Crippen molar-refractivity contribution in [2.45, 2.75) is 36.4 Å². The van der Waals surface area contributed by atoms with E-state index >= 15 is 0 Å². The summed E-state index contributed by atoms with van der Waals surface area (Å²) < 4.78 is 18.4. The first-order valence-electron chi connectivity index (χ1n) is 13.2. The second-order valence-electron chi connectivity index (χ2n) is 10.9. The van der Waals surface area contributed by atoms with Crippen LogP contribution in [0.5, 0.6) is 69.0 Å². The highest BCUT2D eigenvalue weighted by atomic mass is 16.7. The van der Waals surface area contributed by atoms with E-state index in [2.05, 4.69) is 0 Å². The number of aromatic hydroxyl groups is 9. The van der Waals surface area contributed by atoms with Crippen LogP contribution >= 0.6 is 0 Å². The van der Waals surface area contributed by atoms with Crippen LogP contribution in [0.15, 0.2) is 42.5 Å². The van der Waals surface area contributed by atoms with Gasteiger partial charge in [0.2, 0.25) is 0 Å². The summed E-state index contributed by atoms with van der Waals surface area (Å²) in [6.07, 6.45) is -4.63. The lowest BCUT2D eigenvalue weighted by molar-refractivity contribution is -0.219. The lowest BCUT2D eigenvalue weighted by atomic mass is 9.74. The fourth-order valence-corrected chi connectivity index (χ4v) is 6.23. The van der Waals surface area contributed by atoms with Gasteiger partial charge >= 0.3 is 5.79 Å². The Morgan fingerprint density at radius 1 is 0.614 bits per heavy atom. The molecular formula is C30H24O14. The fourth-order valence-electron chi connectivity index (χ4n) is 6.23. The maximum atomic E-state index is 11.9. The summed E-state index contributed by atoms with van der Waals surface area (Å²) in [5.41, 5.74) is -0.00268. The Labute approximate surface area is 246 Å². The van der Waals surface area contributed by atoms with Gasteiger partial charge in [0, 0.05) is 52.4 Å². The van der Waals surface area contributed by atoms with Gasteiger partial charge in [-0.25, -0.2) is 0 Å². The van der Waals surface area contributed by atoms with E-state index in [1.54, 1.807) is 0 Å². The zero-order valence-corrected chi connectivity index (χ0v) is 22.2. The van der Waals surface area contributed by atoms with Gasteiger partial charge in [-0.2, -0.15) is 0 Å². The first kappa shape index (κ1) is 27.2. The van der Waals surface area contributed by atoms with Gasteiger partial charge in [0.05, 0.1) is 12.0 Å². The van der Waals surface area contributed by atoms with E-state index in [9.17, 15) is 56.2 Å². The van der Waals surface area contributed by atoms with Crippen molar-refractivity contribution >= 4 is 0 Å². The average Bonchev–Trinajstić information content (AvgIpc) is 2.94. The molecule has 0 spiro atoms. The summed E-state index contributed by atoms with van der Waals surface area (Å²) in [5.74, 6) is -9.88. The van der Waals surface area contributed by atoms with Crippen LogP contribution < -0.4 is 14.2 Å². The molecule has 0 fully saturated rings. The maximum Gasteiger partial charge on any atom is 0.305 e. The third-order valence-electron chi connectivity index (χ3n) is 8.22. The smallest absolute Gasteiger partial charge is 0.305 e. The summed E-state index contributed by atoms with van der Waals surface area (Å²) >= 11 is 0. The number of hydrogen-bond donors (Lipinski definition) is 11. The second-order valence-corrected chi connectivity index (χ2v) is 10.9. The van der Waals surface area contributed by atoms with Crippen LogP contribution in [-0.4, -0.2) is 68.4 Å². The number of phenolic OH excluding ortho intramolecular Hbond substituents is 9. The van der Waals surface area contributed by atoms with Gasteiger partial charge in [0.1, 0.15) is 40.6 Å². The van der Waals surface area contributed by atoms with E-state index in [0.717, 1.165) is 36.4 Å². The van der Waals surface area contributed by atoms with E-state index in [0.29, 0.717) is 0 Å². The highest BCUT2D eigenvalue weighted by Crippen LogP contribution is 2.62. The fraction of sp³-hybridized carbons (Fsp3) is 0.200. The molecule has 0 saturated heterocycles. The van der Waals surface area contributed by atoms with E-state index in [1.165, 1.54) is 6.07 Å². The van der Waals surface area contributed by atoms with Crippen molar-refractivity contribution in [3.63, 3.8) is 0 Å². The lowest BCUT2D eigenvalue weighted by Crippen LogP contribution is -2.57. The molecule has 0 saturated carbocycles. The molecule has 3 heterocycles. The molecule has 0 radical (unpaired) electrons. The van der Waals surface area contributed by atoms with Gasteiger partial charge in [-0.05, 0) is 24.3 Å². The SMILES string of the molecule is Oc1cc(O)c2c(c1)O[C@@]1(c3cc(O)c(O)c(O)c3)Oc3cc(O)c4c(c3[C@@H]2[C@H]1O)O[C@H](c1cc(O)c(O)c(O)c1)[C@H](O)C4. The van der Waals surface area contributed by atoms with E-state index in [1.807, 2.05) is 0 Å². The normalized spacial score (nSPS) is 24.6. The summed E-state index contributed by atoms with van der Waals surface area (Å²) in [6.45, 7) is 0. The molecule has 2 bridgehead atoms. The van der Waals surface area contributed by atoms with Crippen molar-refractivity contribution in [3.8, 4) is 69.0 Å². The predicted octanol–water partition coefficient (Wildman–Crippen LogP) is 2.20. The summed E-state index contributed by atoms with van der Waals surface area (Å²) in [4.78, 5) is 0. The van der Waals surface area contributed by atoms with Crippen molar-refractivity contribution in [3.05, 3.63) is 70.3 Å². The van der Waals surface area contributed by atoms with E-state index in [-0.39, 0.29) is 51.5 Å². The molecule has 14 nitrogen and oxygen atoms in total. The van der Waals surface area contributed by atoms with Crippen molar-refractivity contribution in [2.24, 2.45) is 0 Å². The predicted molar refractivity (Wildman–Crippen MR) is 145 cm³/mol. The molecule has 3 aliphatic heterocycles. The molecule has 14 heteroatoms. The summed E-state index contributed by atoms with van der Waals surface area (Å²) in [5, 5.41) is 116. The van der Waals surface area contributed by atoms with Crippen LogP contribution in [0.2, 0.25) is 0 Å². The van der Waals surface area contributed by atoms with Crippen LogP contribution in [0.1, 0.15) is 39.8 Å². The highest BCUT2D eigenvalue weighted by Gasteiger charge is 2.60. The minimum atomic E-state index is -2.30. The molecule has 0 amide bonds. The Morgan fingerprint density at radius 2 is 1.18 bits per heavy atom.